The maximum atomic E-state index is 12.2. The molecule has 6 heteroatoms. The van der Waals surface area contributed by atoms with Crippen molar-refractivity contribution in [1.82, 2.24) is 14.7 Å². The smallest absolute Gasteiger partial charge is 0.410 e. The summed E-state index contributed by atoms with van der Waals surface area (Å²) in [4.78, 5) is 18.6. The summed E-state index contributed by atoms with van der Waals surface area (Å²) in [7, 11) is 0. The molecule has 0 saturated carbocycles. The number of nitrogens with zero attached hydrogens (tertiary/aromatic N) is 3. The van der Waals surface area contributed by atoms with E-state index in [-0.39, 0.29) is 24.3 Å². The van der Waals surface area contributed by atoms with Gasteiger partial charge in [-0.05, 0) is 33.4 Å². The molecule has 1 rings (SSSR count). The van der Waals surface area contributed by atoms with Crippen LogP contribution < -0.4 is 0 Å². The van der Waals surface area contributed by atoms with Gasteiger partial charge >= 0.3 is 6.09 Å². The third-order valence-electron chi connectivity index (χ3n) is 4.88. The van der Waals surface area contributed by atoms with Crippen LogP contribution in [0.2, 0.25) is 0 Å². The number of piperazine rings is 1. The summed E-state index contributed by atoms with van der Waals surface area (Å²) in [5.74, 6) is 0. The van der Waals surface area contributed by atoms with Crippen LogP contribution in [0.4, 0.5) is 4.79 Å². The topological polar surface area (TPSA) is 56.3 Å². The first-order chi connectivity index (χ1) is 11.4. The summed E-state index contributed by atoms with van der Waals surface area (Å²) in [6.07, 6.45) is 1.37. The van der Waals surface area contributed by atoms with Crippen molar-refractivity contribution < 1.29 is 14.6 Å². The monoisotopic (exact) mass is 343 g/mol. The number of carbonyl (C=O) groups is 1. The average Bonchev–Trinajstić information content (AvgIpc) is 2.55. The number of amides is 1. The fraction of sp³-hybridized carbons (Fsp3) is 0.944. The summed E-state index contributed by atoms with van der Waals surface area (Å²) in [5, 5.41) is 10.4. The van der Waals surface area contributed by atoms with Crippen molar-refractivity contribution in [3.8, 4) is 0 Å². The maximum absolute atomic E-state index is 12.2. The molecule has 0 spiro atoms. The Bertz CT molecular complexity index is 363. The van der Waals surface area contributed by atoms with E-state index in [1.807, 2.05) is 4.90 Å². The number of β-amino-alcohol motifs (C(OH)–C–C–N with tert-alkyl or cyclic N) is 1. The van der Waals surface area contributed by atoms with Gasteiger partial charge in [0, 0.05) is 38.3 Å². The van der Waals surface area contributed by atoms with Gasteiger partial charge in [-0.1, -0.05) is 27.2 Å². The number of carbonyl (C=O) groups excluding carboxylic acids is 1. The van der Waals surface area contributed by atoms with Gasteiger partial charge in [-0.25, -0.2) is 4.79 Å². The Morgan fingerprint density at radius 1 is 1.21 bits per heavy atom. The van der Waals surface area contributed by atoms with Crippen molar-refractivity contribution in [2.75, 3.05) is 45.9 Å². The van der Waals surface area contributed by atoms with Gasteiger partial charge < -0.3 is 19.6 Å². The van der Waals surface area contributed by atoms with Gasteiger partial charge in [-0.2, -0.15) is 0 Å². The molecule has 1 N–H and O–H groups in total. The molecule has 24 heavy (non-hydrogen) atoms. The number of aliphatic hydroxyl groups is 1. The zero-order chi connectivity index (χ0) is 18.1. The largest absolute Gasteiger partial charge is 0.449 e. The number of unbranched alkanes of at least 4 members (excludes halogenated alkanes) is 1. The summed E-state index contributed by atoms with van der Waals surface area (Å²) in [6, 6.07) is 0.335. The second-order valence-electron chi connectivity index (χ2n) is 6.91. The fourth-order valence-electron chi connectivity index (χ4n) is 3.20. The second kappa shape index (κ2) is 10.9. The molecule has 0 bridgehead atoms. The number of aliphatic hydroxyl groups excluding tert-OH is 1. The van der Waals surface area contributed by atoms with E-state index in [2.05, 4.69) is 44.4 Å². The van der Waals surface area contributed by atoms with Crippen molar-refractivity contribution in [1.29, 1.82) is 0 Å². The van der Waals surface area contributed by atoms with Crippen LogP contribution in [-0.2, 0) is 4.74 Å². The van der Waals surface area contributed by atoms with Crippen molar-refractivity contribution in [3.63, 3.8) is 0 Å². The molecule has 3 atom stereocenters. The molecule has 0 aromatic carbocycles. The van der Waals surface area contributed by atoms with E-state index in [1.165, 1.54) is 0 Å². The Balaban J connectivity index is 2.48. The van der Waals surface area contributed by atoms with Crippen LogP contribution in [0.5, 0.6) is 0 Å². The van der Waals surface area contributed by atoms with Crippen LogP contribution in [0.3, 0.4) is 0 Å². The minimum Gasteiger partial charge on any atom is -0.449 e. The van der Waals surface area contributed by atoms with Crippen molar-refractivity contribution in [2.45, 2.75) is 65.6 Å². The molecule has 1 aliphatic heterocycles. The summed E-state index contributed by atoms with van der Waals surface area (Å²) in [5.41, 5.74) is 0. The molecule has 6 nitrogen and oxygen atoms in total. The quantitative estimate of drug-likeness (QED) is 0.649. The third-order valence-corrected chi connectivity index (χ3v) is 4.88. The van der Waals surface area contributed by atoms with Crippen molar-refractivity contribution >= 4 is 6.09 Å². The molecule has 0 aromatic rings. The standard InChI is InChI=1S/C18H37N3O3/c1-6-9-10-24-18(23)21-12-15(4)20(11-16(21)5)14-17(22)13-19(7-2)8-3/h15-17,22H,6-14H2,1-5H3. The Kier molecular flexibility index (Phi) is 9.63. The molecular weight excluding hydrogens is 306 g/mol. The van der Waals surface area contributed by atoms with Crippen LogP contribution in [0, 0.1) is 0 Å². The highest BCUT2D eigenvalue weighted by Crippen LogP contribution is 2.17. The Hall–Kier alpha value is -0.850. The molecule has 142 valence electrons. The Morgan fingerprint density at radius 3 is 2.46 bits per heavy atom. The lowest BCUT2D eigenvalue weighted by Crippen LogP contribution is -2.59. The first-order valence-corrected chi connectivity index (χ1v) is 9.50. The van der Waals surface area contributed by atoms with Crippen LogP contribution in [0.15, 0.2) is 0 Å². The van der Waals surface area contributed by atoms with E-state index in [0.29, 0.717) is 26.2 Å². The first kappa shape index (κ1) is 21.2. The molecular formula is C18H37N3O3. The second-order valence-corrected chi connectivity index (χ2v) is 6.91. The third kappa shape index (κ3) is 6.57. The minimum atomic E-state index is -0.359. The lowest BCUT2D eigenvalue weighted by atomic mass is 10.1. The number of hydrogen-bond acceptors (Lipinski definition) is 5. The van der Waals surface area contributed by atoms with Crippen LogP contribution in [-0.4, -0.2) is 90.0 Å². The highest BCUT2D eigenvalue weighted by molar-refractivity contribution is 5.68. The maximum Gasteiger partial charge on any atom is 0.410 e. The predicted octanol–water partition coefficient (Wildman–Crippen LogP) is 2.02. The molecule has 0 aliphatic carbocycles. The van der Waals surface area contributed by atoms with Gasteiger partial charge in [0.25, 0.3) is 0 Å². The summed E-state index contributed by atoms with van der Waals surface area (Å²) >= 11 is 0. The fourth-order valence-corrected chi connectivity index (χ4v) is 3.20. The predicted molar refractivity (Wildman–Crippen MR) is 97.3 cm³/mol. The summed E-state index contributed by atoms with van der Waals surface area (Å²) in [6.45, 7) is 15.7. The van der Waals surface area contributed by atoms with Gasteiger partial charge in [0.1, 0.15) is 0 Å². The van der Waals surface area contributed by atoms with Gasteiger partial charge in [0.2, 0.25) is 0 Å². The van der Waals surface area contributed by atoms with E-state index in [1.54, 1.807) is 0 Å². The average molecular weight is 344 g/mol. The van der Waals surface area contributed by atoms with Gasteiger partial charge in [-0.3, -0.25) is 4.90 Å². The number of rotatable bonds is 9. The van der Waals surface area contributed by atoms with Crippen LogP contribution >= 0.6 is 0 Å². The molecule has 1 fully saturated rings. The lowest BCUT2D eigenvalue weighted by Gasteiger charge is -2.44. The van der Waals surface area contributed by atoms with Crippen molar-refractivity contribution in [3.05, 3.63) is 0 Å². The van der Waals surface area contributed by atoms with Gasteiger partial charge in [0.05, 0.1) is 12.7 Å². The Morgan fingerprint density at radius 2 is 1.88 bits per heavy atom. The zero-order valence-electron chi connectivity index (χ0n) is 16.2. The van der Waals surface area contributed by atoms with Crippen LogP contribution in [0.1, 0.15) is 47.5 Å². The number of hydrogen-bond donors (Lipinski definition) is 1. The molecule has 0 aromatic heterocycles. The molecule has 1 amide bonds. The van der Waals surface area contributed by atoms with E-state index < -0.39 is 0 Å². The minimum absolute atomic E-state index is 0.107. The molecule has 1 heterocycles. The Labute approximate surface area is 147 Å². The van der Waals surface area contributed by atoms with E-state index >= 15 is 0 Å². The van der Waals surface area contributed by atoms with Crippen LogP contribution in [0.25, 0.3) is 0 Å². The molecule has 0 radical (unpaired) electrons. The van der Waals surface area contributed by atoms with Crippen molar-refractivity contribution in [2.24, 2.45) is 0 Å². The van der Waals surface area contributed by atoms with Gasteiger partial charge in [0.15, 0.2) is 0 Å². The number of likely N-dealkylation sites (N-methyl/N-ethyl adjacent to an activating group) is 1. The van der Waals surface area contributed by atoms with E-state index in [9.17, 15) is 9.90 Å². The normalized spacial score (nSPS) is 23.5. The number of ether oxygens (including phenoxy) is 1. The van der Waals surface area contributed by atoms with E-state index in [0.717, 1.165) is 32.5 Å². The SMILES string of the molecule is CCCCOC(=O)N1CC(C)N(CC(O)CN(CC)CC)CC1C. The lowest BCUT2D eigenvalue weighted by molar-refractivity contribution is 0.00137. The molecule has 3 unspecified atom stereocenters. The molecule has 1 saturated heterocycles. The van der Waals surface area contributed by atoms with E-state index in [4.69, 9.17) is 4.74 Å². The molecule has 1 aliphatic rings. The first-order valence-electron chi connectivity index (χ1n) is 9.50. The highest BCUT2D eigenvalue weighted by Gasteiger charge is 2.33. The van der Waals surface area contributed by atoms with Gasteiger partial charge in [-0.15, -0.1) is 0 Å². The zero-order valence-corrected chi connectivity index (χ0v) is 16.2. The summed E-state index contributed by atoms with van der Waals surface area (Å²) < 4.78 is 5.35. The highest BCUT2D eigenvalue weighted by atomic mass is 16.6.